The third-order valence-electron chi connectivity index (χ3n) is 0.916. The van der Waals surface area contributed by atoms with Crippen LogP contribution in [-0.2, 0) is 6.61 Å². The van der Waals surface area contributed by atoms with Gasteiger partial charge in [0.1, 0.15) is 0 Å². The molecule has 0 bridgehead atoms. The van der Waals surface area contributed by atoms with Crippen LogP contribution in [0.5, 0.6) is 0 Å². The standard InChI is InChI=1S/C6H6NO.Na/c8-5-6-1-3-7-4-2-6;/h1-4H,5H2;/q-1;+1. The predicted octanol–water partition coefficient (Wildman–Crippen LogP) is -3.05. The van der Waals surface area contributed by atoms with Crippen molar-refractivity contribution in [2.24, 2.45) is 0 Å². The minimum Gasteiger partial charge on any atom is -0.851 e. The molecule has 0 radical (unpaired) electrons. The molecule has 0 aromatic carbocycles. The molecule has 1 aromatic heterocycles. The molecular weight excluding hydrogens is 125 g/mol. The first-order chi connectivity index (χ1) is 3.93. The van der Waals surface area contributed by atoms with Crippen molar-refractivity contribution in [3.63, 3.8) is 0 Å². The molecule has 0 aliphatic carbocycles. The number of nitrogens with zero attached hydrogens (tertiary/aromatic N) is 1. The molecule has 0 saturated heterocycles. The van der Waals surface area contributed by atoms with E-state index >= 15 is 0 Å². The van der Waals surface area contributed by atoms with Crippen molar-refractivity contribution in [1.29, 1.82) is 0 Å². The summed E-state index contributed by atoms with van der Waals surface area (Å²) < 4.78 is 0. The van der Waals surface area contributed by atoms with Gasteiger partial charge in [0, 0.05) is 12.4 Å². The molecule has 1 rings (SSSR count). The maximum absolute atomic E-state index is 10.1. The van der Waals surface area contributed by atoms with Gasteiger partial charge in [-0.15, -0.1) is 6.61 Å². The number of hydrogen-bond acceptors (Lipinski definition) is 2. The molecule has 0 saturated carbocycles. The molecule has 0 unspecified atom stereocenters. The average Bonchev–Trinajstić information content (AvgIpc) is 1.90. The SMILES string of the molecule is [Na+].[O-]Cc1ccncc1. The largest absolute Gasteiger partial charge is 1.00 e. The van der Waals surface area contributed by atoms with E-state index in [2.05, 4.69) is 4.98 Å². The number of pyridine rings is 1. The molecule has 0 fully saturated rings. The van der Waals surface area contributed by atoms with Gasteiger partial charge in [0.25, 0.3) is 0 Å². The summed E-state index contributed by atoms with van der Waals surface area (Å²) in [5.41, 5.74) is 0.792. The Bertz CT molecular complexity index is 154. The van der Waals surface area contributed by atoms with Crippen molar-refractivity contribution in [1.82, 2.24) is 4.98 Å². The van der Waals surface area contributed by atoms with E-state index in [1.807, 2.05) is 0 Å². The van der Waals surface area contributed by atoms with E-state index < -0.39 is 0 Å². The molecule has 1 heterocycles. The summed E-state index contributed by atoms with van der Waals surface area (Å²) in [6, 6.07) is 3.43. The maximum Gasteiger partial charge on any atom is 1.00 e. The van der Waals surface area contributed by atoms with Crippen LogP contribution in [0.3, 0.4) is 0 Å². The maximum atomic E-state index is 10.1. The van der Waals surface area contributed by atoms with E-state index in [9.17, 15) is 5.11 Å². The van der Waals surface area contributed by atoms with Crippen molar-refractivity contribution in [2.45, 2.75) is 6.61 Å². The third kappa shape index (κ3) is 2.96. The van der Waals surface area contributed by atoms with Crippen molar-refractivity contribution in [2.75, 3.05) is 0 Å². The zero-order chi connectivity index (χ0) is 5.82. The van der Waals surface area contributed by atoms with Gasteiger partial charge in [-0.2, -0.15) is 0 Å². The minimum atomic E-state index is -0.150. The number of aromatic nitrogens is 1. The summed E-state index contributed by atoms with van der Waals surface area (Å²) in [7, 11) is 0. The first-order valence-electron chi connectivity index (χ1n) is 2.40. The Labute approximate surface area is 76.2 Å². The molecule has 0 aliphatic rings. The van der Waals surface area contributed by atoms with Crippen LogP contribution in [0, 0.1) is 0 Å². The van der Waals surface area contributed by atoms with E-state index in [1.165, 1.54) is 0 Å². The Balaban J connectivity index is 0.000000640. The van der Waals surface area contributed by atoms with E-state index in [-0.39, 0.29) is 36.2 Å². The summed E-state index contributed by atoms with van der Waals surface area (Å²) in [6.45, 7) is -0.150. The first kappa shape index (κ1) is 9.11. The minimum absolute atomic E-state index is 0. The van der Waals surface area contributed by atoms with Crippen LogP contribution < -0.4 is 34.7 Å². The van der Waals surface area contributed by atoms with Crippen molar-refractivity contribution in [3.8, 4) is 0 Å². The normalized spacial score (nSPS) is 8.11. The van der Waals surface area contributed by atoms with Gasteiger partial charge in [-0.3, -0.25) is 4.98 Å². The fourth-order valence-corrected chi connectivity index (χ4v) is 0.479. The Morgan fingerprint density at radius 3 is 2.22 bits per heavy atom. The van der Waals surface area contributed by atoms with Gasteiger partial charge in [0.2, 0.25) is 0 Å². The smallest absolute Gasteiger partial charge is 0.851 e. The molecule has 0 aliphatic heterocycles. The van der Waals surface area contributed by atoms with Crippen LogP contribution in [0.4, 0.5) is 0 Å². The topological polar surface area (TPSA) is 36.0 Å². The molecule has 1 aromatic rings. The van der Waals surface area contributed by atoms with Crippen LogP contribution in [-0.4, -0.2) is 4.98 Å². The van der Waals surface area contributed by atoms with Crippen molar-refractivity contribution < 1.29 is 34.7 Å². The van der Waals surface area contributed by atoms with Crippen LogP contribution >= 0.6 is 0 Å². The van der Waals surface area contributed by atoms with Gasteiger partial charge in [-0.05, 0) is 12.1 Å². The molecule has 0 amide bonds. The summed E-state index contributed by atoms with van der Waals surface area (Å²) in [4.78, 5) is 3.75. The second-order valence-corrected chi connectivity index (χ2v) is 1.50. The Morgan fingerprint density at radius 1 is 1.33 bits per heavy atom. The van der Waals surface area contributed by atoms with Crippen molar-refractivity contribution >= 4 is 0 Å². The van der Waals surface area contributed by atoms with Gasteiger partial charge in [0.05, 0.1) is 0 Å². The van der Waals surface area contributed by atoms with E-state index in [0.717, 1.165) is 5.56 Å². The second kappa shape index (κ2) is 4.94. The van der Waals surface area contributed by atoms with Gasteiger partial charge >= 0.3 is 29.6 Å². The molecular formula is C6H6NNaO. The summed E-state index contributed by atoms with van der Waals surface area (Å²) in [5.74, 6) is 0. The Hall–Kier alpha value is 0.110. The Morgan fingerprint density at radius 2 is 1.89 bits per heavy atom. The second-order valence-electron chi connectivity index (χ2n) is 1.50. The molecule has 42 valence electrons. The first-order valence-corrected chi connectivity index (χ1v) is 2.40. The van der Waals surface area contributed by atoms with Crippen LogP contribution in [0.25, 0.3) is 0 Å². The monoisotopic (exact) mass is 131 g/mol. The van der Waals surface area contributed by atoms with Crippen LogP contribution in [0.2, 0.25) is 0 Å². The zero-order valence-corrected chi connectivity index (χ0v) is 7.37. The van der Waals surface area contributed by atoms with Gasteiger partial charge in [0.15, 0.2) is 0 Å². The van der Waals surface area contributed by atoms with E-state index in [1.54, 1.807) is 24.5 Å². The molecule has 0 atom stereocenters. The molecule has 0 N–H and O–H groups in total. The number of rotatable bonds is 1. The summed E-state index contributed by atoms with van der Waals surface area (Å²) >= 11 is 0. The predicted molar refractivity (Wildman–Crippen MR) is 27.9 cm³/mol. The van der Waals surface area contributed by atoms with Gasteiger partial charge in [-0.25, -0.2) is 0 Å². The average molecular weight is 131 g/mol. The quantitative estimate of drug-likeness (QED) is 0.379. The van der Waals surface area contributed by atoms with Gasteiger partial charge in [-0.1, -0.05) is 5.56 Å². The summed E-state index contributed by atoms with van der Waals surface area (Å²) in [5, 5.41) is 10.1. The molecule has 9 heavy (non-hydrogen) atoms. The molecule has 0 spiro atoms. The fourth-order valence-electron chi connectivity index (χ4n) is 0.479. The molecule has 2 nitrogen and oxygen atoms in total. The summed E-state index contributed by atoms with van der Waals surface area (Å²) in [6.07, 6.45) is 3.24. The van der Waals surface area contributed by atoms with Crippen LogP contribution in [0.15, 0.2) is 24.5 Å². The third-order valence-corrected chi connectivity index (χ3v) is 0.916. The molecule has 3 heteroatoms. The van der Waals surface area contributed by atoms with Gasteiger partial charge < -0.3 is 5.11 Å². The Kier molecular flexibility index (Phi) is 5.00. The van der Waals surface area contributed by atoms with E-state index in [0.29, 0.717) is 0 Å². The van der Waals surface area contributed by atoms with E-state index in [4.69, 9.17) is 0 Å². The van der Waals surface area contributed by atoms with Crippen molar-refractivity contribution in [3.05, 3.63) is 30.1 Å². The van der Waals surface area contributed by atoms with Crippen LogP contribution in [0.1, 0.15) is 5.56 Å². The number of hydrogen-bond donors (Lipinski definition) is 0. The fraction of sp³-hybridized carbons (Fsp3) is 0.167. The zero-order valence-electron chi connectivity index (χ0n) is 5.37.